The Morgan fingerprint density at radius 2 is 1.88 bits per heavy atom. The molecule has 0 saturated carbocycles. The summed E-state index contributed by atoms with van der Waals surface area (Å²) in [6.07, 6.45) is -0.609. The summed E-state index contributed by atoms with van der Waals surface area (Å²) in [6, 6.07) is 13.0. The van der Waals surface area contributed by atoms with Gasteiger partial charge in [0.2, 0.25) is 0 Å². The summed E-state index contributed by atoms with van der Waals surface area (Å²) >= 11 is 12.3. The Morgan fingerprint density at radius 3 is 2.48 bits per heavy atom. The molecule has 2 aromatic rings. The van der Waals surface area contributed by atoms with E-state index in [0.29, 0.717) is 23.0 Å². The second-order valence-electron chi connectivity index (χ2n) is 6.53. The molecule has 0 bridgehead atoms. The predicted octanol–water partition coefficient (Wildman–Crippen LogP) is 4.79. The first-order chi connectivity index (χ1) is 11.8. The monoisotopic (exact) mass is 379 g/mol. The Kier molecular flexibility index (Phi) is 5.05. The van der Waals surface area contributed by atoms with Crippen LogP contribution in [0.2, 0.25) is 10.0 Å². The number of hydrogen-bond acceptors (Lipinski definition) is 3. The van der Waals surface area contributed by atoms with Crippen molar-refractivity contribution >= 4 is 34.6 Å². The van der Waals surface area contributed by atoms with Crippen LogP contribution in [0, 0.1) is 0 Å². The maximum atomic E-state index is 14.7. The summed E-state index contributed by atoms with van der Waals surface area (Å²) in [5.41, 5.74) is 2.71. The van der Waals surface area contributed by atoms with E-state index in [1.54, 1.807) is 37.2 Å². The van der Waals surface area contributed by atoms with E-state index < -0.39 is 11.6 Å². The summed E-state index contributed by atoms with van der Waals surface area (Å²) in [5, 5.41) is 2.55. The predicted molar refractivity (Wildman–Crippen MR) is 104 cm³/mol. The van der Waals surface area contributed by atoms with Crippen LogP contribution in [0.3, 0.4) is 0 Å². The van der Waals surface area contributed by atoms with Crippen LogP contribution in [0.4, 0.5) is 10.1 Å². The molecule has 1 unspecified atom stereocenters. The fraction of sp³-hybridized carbons (Fsp3) is 0.316. The van der Waals surface area contributed by atoms with Gasteiger partial charge >= 0.3 is 0 Å². The van der Waals surface area contributed by atoms with E-state index in [4.69, 9.17) is 29.0 Å². The molecule has 0 radical (unpaired) electrons. The van der Waals surface area contributed by atoms with Gasteiger partial charge in [-0.3, -0.25) is 4.99 Å². The first kappa shape index (κ1) is 18.2. The average Bonchev–Trinajstić information content (AvgIpc) is 3.01. The third kappa shape index (κ3) is 3.52. The molecule has 1 aliphatic rings. The van der Waals surface area contributed by atoms with Gasteiger partial charge in [0.05, 0.1) is 17.6 Å². The van der Waals surface area contributed by atoms with Gasteiger partial charge in [0.25, 0.3) is 0 Å². The SMILES string of the molecule is C[C@H](F)C1(c2cc(Cl)cc(Cl)c2)CN=C(c2cccc(N(C)N)c2)C1. The number of rotatable bonds is 4. The van der Waals surface area contributed by atoms with Crippen LogP contribution in [-0.4, -0.2) is 25.5 Å². The highest BCUT2D eigenvalue weighted by molar-refractivity contribution is 6.34. The standard InChI is InChI=1S/C19H20Cl2FN3/c1-12(22)19(14-7-15(20)9-16(21)8-14)10-18(24-11-19)13-4-3-5-17(6-13)25(2)23/h3-9,12H,10-11,23H2,1-2H3/t12-,19?/m0/s1. The Hall–Kier alpha value is -1.62. The number of hydrazine groups is 1. The number of nitrogens with two attached hydrogens (primary N) is 1. The van der Waals surface area contributed by atoms with Crippen molar-refractivity contribution in [2.24, 2.45) is 10.8 Å². The van der Waals surface area contributed by atoms with Gasteiger partial charge in [-0.2, -0.15) is 0 Å². The van der Waals surface area contributed by atoms with Crippen LogP contribution < -0.4 is 10.9 Å². The molecule has 0 fully saturated rings. The van der Waals surface area contributed by atoms with Crippen LogP contribution in [0.5, 0.6) is 0 Å². The normalized spacial score (nSPS) is 21.1. The minimum Gasteiger partial charge on any atom is -0.314 e. The molecule has 1 aliphatic heterocycles. The number of halogens is 3. The molecular formula is C19H20Cl2FN3. The van der Waals surface area contributed by atoms with Crippen molar-refractivity contribution in [3.8, 4) is 0 Å². The van der Waals surface area contributed by atoms with Crippen molar-refractivity contribution in [2.75, 3.05) is 18.6 Å². The van der Waals surface area contributed by atoms with Gasteiger partial charge in [0.1, 0.15) is 6.17 Å². The van der Waals surface area contributed by atoms with Crippen LogP contribution in [0.1, 0.15) is 24.5 Å². The zero-order valence-corrected chi connectivity index (χ0v) is 15.7. The Balaban J connectivity index is 1.97. The highest BCUT2D eigenvalue weighted by Gasteiger charge is 2.43. The van der Waals surface area contributed by atoms with Crippen molar-refractivity contribution in [1.82, 2.24) is 0 Å². The minimum atomic E-state index is -1.09. The highest BCUT2D eigenvalue weighted by Crippen LogP contribution is 2.41. The molecule has 25 heavy (non-hydrogen) atoms. The van der Waals surface area contributed by atoms with Crippen molar-refractivity contribution in [1.29, 1.82) is 0 Å². The zero-order chi connectivity index (χ0) is 18.2. The Labute approximate surface area is 157 Å². The molecule has 0 aliphatic carbocycles. The summed E-state index contributed by atoms with van der Waals surface area (Å²) in [5.74, 6) is 5.81. The van der Waals surface area contributed by atoms with Gasteiger partial charge in [0.15, 0.2) is 0 Å². The summed E-state index contributed by atoms with van der Waals surface area (Å²) in [6.45, 7) is 1.93. The summed E-state index contributed by atoms with van der Waals surface area (Å²) in [7, 11) is 1.78. The molecule has 0 amide bonds. The molecule has 2 aromatic carbocycles. The maximum absolute atomic E-state index is 14.7. The number of hydrogen-bond donors (Lipinski definition) is 1. The number of nitrogens with zero attached hydrogens (tertiary/aromatic N) is 2. The Bertz CT molecular complexity index is 800. The highest BCUT2D eigenvalue weighted by atomic mass is 35.5. The van der Waals surface area contributed by atoms with Gasteiger partial charge in [-0.05, 0) is 48.4 Å². The van der Waals surface area contributed by atoms with Crippen LogP contribution in [-0.2, 0) is 5.41 Å². The molecule has 0 aromatic heterocycles. The number of alkyl halides is 1. The van der Waals surface area contributed by atoms with E-state index in [0.717, 1.165) is 22.5 Å². The third-order valence-corrected chi connectivity index (χ3v) is 5.26. The number of aliphatic imine (C=N–C) groups is 1. The van der Waals surface area contributed by atoms with Crippen LogP contribution in [0.25, 0.3) is 0 Å². The van der Waals surface area contributed by atoms with Gasteiger partial charge in [0, 0.05) is 29.2 Å². The van der Waals surface area contributed by atoms with E-state index in [1.165, 1.54) is 0 Å². The third-order valence-electron chi connectivity index (χ3n) is 4.82. The van der Waals surface area contributed by atoms with Crippen molar-refractivity contribution in [3.63, 3.8) is 0 Å². The van der Waals surface area contributed by atoms with Gasteiger partial charge in [-0.1, -0.05) is 35.3 Å². The molecule has 3 nitrogen and oxygen atoms in total. The first-order valence-electron chi connectivity index (χ1n) is 8.05. The van der Waals surface area contributed by atoms with Crippen LogP contribution in [0.15, 0.2) is 47.5 Å². The second kappa shape index (κ2) is 6.94. The number of anilines is 1. The van der Waals surface area contributed by atoms with E-state index in [1.807, 2.05) is 24.3 Å². The van der Waals surface area contributed by atoms with Gasteiger partial charge in [-0.25, -0.2) is 10.2 Å². The summed E-state index contributed by atoms with van der Waals surface area (Å²) in [4.78, 5) is 4.65. The minimum absolute atomic E-state index is 0.360. The number of benzene rings is 2. The molecular weight excluding hydrogens is 360 g/mol. The lowest BCUT2D eigenvalue weighted by atomic mass is 9.74. The van der Waals surface area contributed by atoms with E-state index in [2.05, 4.69) is 4.99 Å². The fourth-order valence-corrected chi connectivity index (χ4v) is 3.80. The van der Waals surface area contributed by atoms with Crippen molar-refractivity contribution in [2.45, 2.75) is 24.9 Å². The molecule has 2 atom stereocenters. The van der Waals surface area contributed by atoms with Gasteiger partial charge in [-0.15, -0.1) is 0 Å². The van der Waals surface area contributed by atoms with E-state index >= 15 is 0 Å². The lowest BCUT2D eigenvalue weighted by molar-refractivity contribution is 0.222. The molecule has 0 saturated heterocycles. The quantitative estimate of drug-likeness (QED) is 0.612. The second-order valence-corrected chi connectivity index (χ2v) is 7.40. The Morgan fingerprint density at radius 1 is 1.20 bits per heavy atom. The lowest BCUT2D eigenvalue weighted by Crippen LogP contribution is -2.37. The average molecular weight is 380 g/mol. The summed E-state index contributed by atoms with van der Waals surface area (Å²) < 4.78 is 14.7. The van der Waals surface area contributed by atoms with Gasteiger partial charge < -0.3 is 5.01 Å². The van der Waals surface area contributed by atoms with E-state index in [9.17, 15) is 4.39 Å². The largest absolute Gasteiger partial charge is 0.314 e. The smallest absolute Gasteiger partial charge is 0.109 e. The van der Waals surface area contributed by atoms with Crippen molar-refractivity contribution in [3.05, 3.63) is 63.6 Å². The maximum Gasteiger partial charge on any atom is 0.109 e. The molecule has 132 valence electrons. The molecule has 1 heterocycles. The molecule has 2 N–H and O–H groups in total. The fourth-order valence-electron chi connectivity index (χ4n) is 3.28. The zero-order valence-electron chi connectivity index (χ0n) is 14.1. The van der Waals surface area contributed by atoms with Crippen LogP contribution >= 0.6 is 23.2 Å². The first-order valence-corrected chi connectivity index (χ1v) is 8.80. The molecule has 0 spiro atoms. The van der Waals surface area contributed by atoms with E-state index in [-0.39, 0.29) is 0 Å². The molecule has 6 heteroatoms. The van der Waals surface area contributed by atoms with Crippen molar-refractivity contribution < 1.29 is 4.39 Å². The lowest BCUT2D eigenvalue weighted by Gasteiger charge is -2.31. The topological polar surface area (TPSA) is 41.6 Å². The molecule has 3 rings (SSSR count).